The molecule has 0 unspecified atom stereocenters. The van der Waals surface area contributed by atoms with Crippen LogP contribution in [-0.4, -0.2) is 21.6 Å². The molecule has 1 aliphatic carbocycles. The van der Waals surface area contributed by atoms with Gasteiger partial charge in [0, 0.05) is 5.71 Å². The minimum absolute atomic E-state index is 0.0442. The number of hydrazone groups is 1. The Morgan fingerprint density at radius 3 is 2.82 bits per heavy atom. The number of hydrogen-bond acceptors (Lipinski definition) is 4. The molecular formula is C11H11ClN4O. The Balaban J connectivity index is 1.79. The first kappa shape index (κ1) is 10.7. The number of amides is 1. The molecule has 6 heteroatoms. The van der Waals surface area contributed by atoms with Crippen LogP contribution in [0.4, 0.5) is 5.82 Å². The summed E-state index contributed by atoms with van der Waals surface area (Å²) in [6.07, 6.45) is 6.73. The van der Waals surface area contributed by atoms with Gasteiger partial charge >= 0.3 is 0 Å². The summed E-state index contributed by atoms with van der Waals surface area (Å²) >= 11 is 5.65. The summed E-state index contributed by atoms with van der Waals surface area (Å²) in [4.78, 5) is 19.7. The molecule has 88 valence electrons. The third-order valence-electron chi connectivity index (χ3n) is 2.88. The van der Waals surface area contributed by atoms with Crippen molar-refractivity contribution in [1.29, 1.82) is 0 Å². The lowest BCUT2D eigenvalue weighted by molar-refractivity contribution is -0.116. The topological polar surface area (TPSA) is 58.5 Å². The summed E-state index contributed by atoms with van der Waals surface area (Å²) in [7, 11) is 0. The number of halogens is 1. The fourth-order valence-corrected chi connectivity index (χ4v) is 1.94. The Bertz CT molecular complexity index is 481. The van der Waals surface area contributed by atoms with Crippen molar-refractivity contribution < 1.29 is 4.79 Å². The van der Waals surface area contributed by atoms with Gasteiger partial charge in [0.05, 0.1) is 18.8 Å². The number of aromatic nitrogens is 2. The second kappa shape index (κ2) is 4.07. The lowest BCUT2D eigenvalue weighted by Crippen LogP contribution is -2.20. The maximum Gasteiger partial charge on any atom is 0.254 e. The molecule has 2 heterocycles. The molecule has 0 radical (unpaired) electrons. The van der Waals surface area contributed by atoms with E-state index in [0.29, 0.717) is 17.4 Å². The predicted octanol–water partition coefficient (Wildman–Crippen LogP) is 2.02. The first-order chi connectivity index (χ1) is 8.22. The quantitative estimate of drug-likeness (QED) is 0.825. The van der Waals surface area contributed by atoms with Crippen LogP contribution in [0, 0.1) is 5.92 Å². The molecule has 0 saturated heterocycles. The number of nitrogens with zero attached hydrogens (tertiary/aromatic N) is 4. The fourth-order valence-electron chi connectivity index (χ4n) is 1.84. The number of carbonyl (C=O) groups excluding carboxylic acids is 1. The van der Waals surface area contributed by atoms with Gasteiger partial charge < -0.3 is 0 Å². The van der Waals surface area contributed by atoms with Crippen LogP contribution in [-0.2, 0) is 4.79 Å². The third kappa shape index (κ3) is 2.29. The molecule has 0 atom stereocenters. The molecule has 5 nitrogen and oxygen atoms in total. The van der Waals surface area contributed by atoms with Gasteiger partial charge in [-0.25, -0.2) is 9.97 Å². The molecule has 2 aliphatic rings. The Morgan fingerprint density at radius 1 is 1.35 bits per heavy atom. The third-order valence-corrected chi connectivity index (χ3v) is 3.07. The monoisotopic (exact) mass is 250 g/mol. The van der Waals surface area contributed by atoms with E-state index in [1.54, 1.807) is 0 Å². The average Bonchev–Trinajstić information content (AvgIpc) is 3.03. The van der Waals surface area contributed by atoms with Crippen molar-refractivity contribution in [3.8, 4) is 0 Å². The zero-order chi connectivity index (χ0) is 11.8. The predicted molar refractivity (Wildman–Crippen MR) is 63.9 cm³/mol. The van der Waals surface area contributed by atoms with E-state index in [9.17, 15) is 4.79 Å². The van der Waals surface area contributed by atoms with E-state index in [4.69, 9.17) is 11.6 Å². The molecule has 1 aromatic rings. The number of anilines is 1. The van der Waals surface area contributed by atoms with Crippen LogP contribution in [0.2, 0.25) is 5.15 Å². The maximum absolute atomic E-state index is 11.8. The largest absolute Gasteiger partial charge is 0.272 e. The Hall–Kier alpha value is -1.49. The molecule has 17 heavy (non-hydrogen) atoms. The highest BCUT2D eigenvalue weighted by atomic mass is 35.5. The van der Waals surface area contributed by atoms with Crippen molar-refractivity contribution >= 4 is 29.0 Å². The van der Waals surface area contributed by atoms with Gasteiger partial charge in [-0.05, 0) is 25.2 Å². The minimum Gasteiger partial charge on any atom is -0.272 e. The summed E-state index contributed by atoms with van der Waals surface area (Å²) in [5.74, 6) is 1.13. The lowest BCUT2D eigenvalue weighted by atomic mass is 10.1. The van der Waals surface area contributed by atoms with Crippen LogP contribution in [0.5, 0.6) is 0 Å². The standard InChI is InChI=1S/C11H11ClN4O/c12-9-5-14-10(6-13-9)16-11(17)4-8(15-16)3-7-1-2-7/h5-7H,1-4H2. The van der Waals surface area contributed by atoms with Crippen molar-refractivity contribution in [1.82, 2.24) is 9.97 Å². The SMILES string of the molecule is O=C1CC(CC2CC2)=NN1c1cnc(Cl)cn1. The summed E-state index contributed by atoms with van der Waals surface area (Å²) in [5, 5.41) is 5.93. The average molecular weight is 251 g/mol. The normalized spacial score (nSPS) is 19.7. The van der Waals surface area contributed by atoms with Gasteiger partial charge in [0.1, 0.15) is 5.15 Å². The molecule has 0 bridgehead atoms. The summed E-state index contributed by atoms with van der Waals surface area (Å²) in [6.45, 7) is 0. The first-order valence-electron chi connectivity index (χ1n) is 5.59. The maximum atomic E-state index is 11.8. The first-order valence-corrected chi connectivity index (χ1v) is 5.97. The van der Waals surface area contributed by atoms with Gasteiger partial charge in [-0.2, -0.15) is 10.1 Å². The number of carbonyl (C=O) groups is 1. The Morgan fingerprint density at radius 2 is 2.18 bits per heavy atom. The van der Waals surface area contributed by atoms with E-state index < -0.39 is 0 Å². The highest BCUT2D eigenvalue weighted by Crippen LogP contribution is 2.34. The van der Waals surface area contributed by atoms with Crippen LogP contribution in [0.15, 0.2) is 17.5 Å². The molecular weight excluding hydrogens is 240 g/mol. The second-order valence-electron chi connectivity index (χ2n) is 4.39. The minimum atomic E-state index is -0.0442. The van der Waals surface area contributed by atoms with E-state index in [-0.39, 0.29) is 5.91 Å². The second-order valence-corrected chi connectivity index (χ2v) is 4.78. The molecule has 1 saturated carbocycles. The van der Waals surface area contributed by atoms with Crippen LogP contribution in [0.3, 0.4) is 0 Å². The summed E-state index contributed by atoms with van der Waals surface area (Å²) in [5.41, 5.74) is 0.953. The van der Waals surface area contributed by atoms with E-state index in [1.807, 2.05) is 0 Å². The van der Waals surface area contributed by atoms with Gasteiger partial charge in [-0.3, -0.25) is 4.79 Å². The molecule has 0 aromatic carbocycles. The molecule has 3 rings (SSSR count). The van der Waals surface area contributed by atoms with Crippen molar-refractivity contribution in [3.05, 3.63) is 17.5 Å². The smallest absolute Gasteiger partial charge is 0.254 e. The van der Waals surface area contributed by atoms with Gasteiger partial charge in [0.25, 0.3) is 5.91 Å². The summed E-state index contributed by atoms with van der Waals surface area (Å²) < 4.78 is 0. The van der Waals surface area contributed by atoms with Gasteiger partial charge in [-0.1, -0.05) is 11.6 Å². The van der Waals surface area contributed by atoms with E-state index in [1.165, 1.54) is 30.2 Å². The molecule has 0 spiro atoms. The van der Waals surface area contributed by atoms with E-state index in [0.717, 1.165) is 18.1 Å². The van der Waals surface area contributed by atoms with E-state index in [2.05, 4.69) is 15.1 Å². The molecule has 1 aromatic heterocycles. The van der Waals surface area contributed by atoms with Crippen molar-refractivity contribution in [2.75, 3.05) is 5.01 Å². The Kier molecular flexibility index (Phi) is 2.55. The molecule has 1 fully saturated rings. The van der Waals surface area contributed by atoms with Gasteiger partial charge in [0.2, 0.25) is 0 Å². The van der Waals surface area contributed by atoms with Crippen LogP contribution >= 0.6 is 11.6 Å². The summed E-state index contributed by atoms with van der Waals surface area (Å²) in [6, 6.07) is 0. The van der Waals surface area contributed by atoms with Crippen molar-refractivity contribution in [3.63, 3.8) is 0 Å². The van der Waals surface area contributed by atoms with Crippen molar-refractivity contribution in [2.45, 2.75) is 25.7 Å². The van der Waals surface area contributed by atoms with Gasteiger partial charge in [0.15, 0.2) is 5.82 Å². The van der Waals surface area contributed by atoms with Crippen LogP contribution in [0.1, 0.15) is 25.7 Å². The Labute approximate surface area is 104 Å². The number of hydrogen-bond donors (Lipinski definition) is 0. The van der Waals surface area contributed by atoms with Crippen LogP contribution in [0.25, 0.3) is 0 Å². The van der Waals surface area contributed by atoms with Crippen molar-refractivity contribution in [2.24, 2.45) is 11.0 Å². The molecule has 1 amide bonds. The number of rotatable bonds is 3. The van der Waals surface area contributed by atoms with Gasteiger partial charge in [-0.15, -0.1) is 0 Å². The molecule has 1 aliphatic heterocycles. The van der Waals surface area contributed by atoms with Crippen LogP contribution < -0.4 is 5.01 Å². The highest BCUT2D eigenvalue weighted by Gasteiger charge is 2.30. The van der Waals surface area contributed by atoms with E-state index >= 15 is 0 Å². The zero-order valence-electron chi connectivity index (χ0n) is 9.14. The molecule has 0 N–H and O–H groups in total. The fraction of sp³-hybridized carbons (Fsp3) is 0.455. The highest BCUT2D eigenvalue weighted by molar-refractivity contribution is 6.29. The lowest BCUT2D eigenvalue weighted by Gasteiger charge is -2.08. The zero-order valence-corrected chi connectivity index (χ0v) is 9.89.